The predicted molar refractivity (Wildman–Crippen MR) is 160 cm³/mol. The number of hydrogen-bond donors (Lipinski definition) is 4. The van der Waals surface area contributed by atoms with Crippen molar-refractivity contribution in [1.82, 2.24) is 10.6 Å². The van der Waals surface area contributed by atoms with Crippen molar-refractivity contribution in [2.24, 2.45) is 0 Å². The molecule has 4 unspecified atom stereocenters. The van der Waals surface area contributed by atoms with Gasteiger partial charge in [0.25, 0.3) is 5.91 Å². The number of likely N-dealkylation sites (N-methyl/N-ethyl adjacent to an activating group) is 2. The van der Waals surface area contributed by atoms with Crippen LogP contribution in [-0.2, 0) is 33.3 Å². The summed E-state index contributed by atoms with van der Waals surface area (Å²) in [5.41, 5.74) is 0.481. The van der Waals surface area contributed by atoms with Crippen LogP contribution >= 0.6 is 12.4 Å². The number of aliphatic hydroxyl groups is 2. The maximum Gasteiger partial charge on any atom is 0.287 e. The third kappa shape index (κ3) is 22.7. The molecule has 0 aliphatic carbocycles. The Morgan fingerprint density at radius 3 is 1.65 bits per heavy atom. The molecule has 0 radical (unpaired) electrons. The summed E-state index contributed by atoms with van der Waals surface area (Å²) in [4.78, 5) is 33.9. The normalized spacial score (nSPS) is 16.6. The Kier molecular flexibility index (Phi) is 22.5. The second kappa shape index (κ2) is 22.2. The van der Waals surface area contributed by atoms with Gasteiger partial charge in [0, 0.05) is 38.4 Å². The lowest BCUT2D eigenvalue weighted by atomic mass is 10.2. The van der Waals surface area contributed by atoms with Gasteiger partial charge in [-0.2, -0.15) is 0 Å². The molecule has 0 saturated carbocycles. The maximum atomic E-state index is 11.6. The fourth-order valence-corrected chi connectivity index (χ4v) is 4.25. The van der Waals surface area contributed by atoms with Gasteiger partial charge < -0.3 is 61.2 Å². The molecule has 1 fully saturated rings. The zero-order chi connectivity index (χ0) is 31.1. The Hall–Kier alpha value is -1.39. The monoisotopic (exact) mass is 661 g/mol. The highest BCUT2D eigenvalue weighted by molar-refractivity contribution is 6.35. The number of ketones is 1. The number of ether oxygens (including phenoxy) is 4. The third-order valence-corrected chi connectivity index (χ3v) is 6.44. The molecule has 1 aliphatic heterocycles. The Bertz CT molecular complexity index is 785. The van der Waals surface area contributed by atoms with Crippen molar-refractivity contribution in [3.63, 3.8) is 0 Å². The average molecular weight is 663 g/mol. The first kappa shape index (κ1) is 43.7. The summed E-state index contributed by atoms with van der Waals surface area (Å²) in [6.45, 7) is 11.1. The van der Waals surface area contributed by atoms with E-state index in [2.05, 4.69) is 17.2 Å². The molecule has 4 N–H and O–H groups in total. The third-order valence-electron chi connectivity index (χ3n) is 6.44. The number of Topliss-reactive ketones (excluding diaryl/α,β-unsaturated/α-hetero) is 1. The number of carbonyl (C=O) groups excluding carboxylic acids is 3. The highest BCUT2D eigenvalue weighted by Gasteiger charge is 2.29. The van der Waals surface area contributed by atoms with E-state index in [0.717, 1.165) is 13.0 Å². The van der Waals surface area contributed by atoms with Crippen LogP contribution in [0.4, 0.5) is 0 Å². The topological polar surface area (TPSA) is 156 Å². The van der Waals surface area contributed by atoms with E-state index in [9.17, 15) is 24.6 Å². The van der Waals surface area contributed by atoms with E-state index in [1.54, 1.807) is 6.92 Å². The van der Waals surface area contributed by atoms with Crippen molar-refractivity contribution in [2.75, 3.05) is 100 Å². The number of epoxide rings is 1. The molecule has 2 amide bonds. The second-order valence-electron chi connectivity index (χ2n) is 12.1. The number of aliphatic hydroxyl groups excluding tert-OH is 2. The Balaban J connectivity index is 0. The van der Waals surface area contributed by atoms with Gasteiger partial charge in [0.15, 0.2) is 6.29 Å². The standard InChI is InChI=1S/C28H52N4O9.2ClH/c1-21(2)27(36)29-10-8-12-31(4,5)14-23(34)16-38-18-25(41-26-20-40-26)19-39-17-24(35)15-32(6,7)13-9-11-30-28(37)22(3)33;;/h23-26,34-35H,1,8-20H2,2-7H3;2*1H/p+1. The fraction of sp³-hybridized carbons (Fsp3) is 0.821. The van der Waals surface area contributed by atoms with Crippen LogP contribution < -0.4 is 23.0 Å². The lowest BCUT2D eigenvalue weighted by molar-refractivity contribution is -0.893. The second-order valence-corrected chi connectivity index (χ2v) is 12.1. The number of nitrogens with zero attached hydrogens (tertiary/aromatic N) is 2. The van der Waals surface area contributed by atoms with E-state index in [1.807, 2.05) is 28.2 Å². The molecule has 1 rings (SSSR count). The lowest BCUT2D eigenvalue weighted by Crippen LogP contribution is -3.00. The summed E-state index contributed by atoms with van der Waals surface area (Å²) >= 11 is 0. The number of rotatable bonds is 24. The zero-order valence-electron chi connectivity index (χ0n) is 26.6. The van der Waals surface area contributed by atoms with Crippen molar-refractivity contribution in [2.45, 2.75) is 51.3 Å². The molecule has 254 valence electrons. The molecule has 15 heteroatoms. The molecule has 1 heterocycles. The molecule has 0 spiro atoms. The summed E-state index contributed by atoms with van der Waals surface area (Å²) in [6, 6.07) is 0. The van der Waals surface area contributed by atoms with Gasteiger partial charge in [-0.05, 0) is 6.92 Å². The Morgan fingerprint density at radius 2 is 1.28 bits per heavy atom. The molecule has 13 nitrogen and oxygen atoms in total. The number of quaternary nitrogens is 2. The first-order valence-electron chi connectivity index (χ1n) is 14.3. The molecule has 43 heavy (non-hydrogen) atoms. The van der Waals surface area contributed by atoms with Crippen molar-refractivity contribution in [1.29, 1.82) is 0 Å². The van der Waals surface area contributed by atoms with E-state index in [0.29, 0.717) is 60.3 Å². The van der Waals surface area contributed by atoms with Gasteiger partial charge in [-0.15, -0.1) is 12.4 Å². The van der Waals surface area contributed by atoms with Crippen molar-refractivity contribution in [3.8, 4) is 0 Å². The van der Waals surface area contributed by atoms with Crippen LogP contribution in [0.25, 0.3) is 0 Å². The molecule has 4 atom stereocenters. The number of halogens is 2. The summed E-state index contributed by atoms with van der Waals surface area (Å²) in [5, 5.41) is 26.4. The Labute approximate surface area is 269 Å². The minimum atomic E-state index is -0.702. The first-order valence-corrected chi connectivity index (χ1v) is 14.3. The summed E-state index contributed by atoms with van der Waals surface area (Å²) < 4.78 is 23.5. The van der Waals surface area contributed by atoms with Gasteiger partial charge in [-0.1, -0.05) is 6.58 Å². The maximum absolute atomic E-state index is 11.6. The summed E-state index contributed by atoms with van der Waals surface area (Å²) in [5.74, 6) is -1.25. The SMILES string of the molecule is C=C(C)C(=O)NCCC[N+](C)(C)CC(O)COCC(COCC(O)C[N+](C)(C)CCCNC(=O)C(C)=O)OC1CO1.Cl.[Cl-]. The van der Waals surface area contributed by atoms with Gasteiger partial charge in [0.1, 0.15) is 38.0 Å². The van der Waals surface area contributed by atoms with E-state index in [4.69, 9.17) is 18.9 Å². The van der Waals surface area contributed by atoms with E-state index in [1.165, 1.54) is 6.92 Å². The quantitative estimate of drug-likeness (QED) is 0.0268. The number of amides is 2. The fourth-order valence-electron chi connectivity index (χ4n) is 4.25. The molecular weight excluding hydrogens is 607 g/mol. The average Bonchev–Trinajstić information content (AvgIpc) is 3.67. The van der Waals surface area contributed by atoms with E-state index in [-0.39, 0.29) is 63.4 Å². The molecule has 1 aliphatic rings. The number of nitrogens with one attached hydrogen (secondary N) is 2. The summed E-state index contributed by atoms with van der Waals surface area (Å²) in [7, 11) is 8.00. The highest BCUT2D eigenvalue weighted by Crippen LogP contribution is 2.14. The smallest absolute Gasteiger partial charge is 0.287 e. The molecule has 0 aromatic rings. The van der Waals surface area contributed by atoms with Crippen LogP contribution in [0.1, 0.15) is 26.7 Å². The van der Waals surface area contributed by atoms with E-state index >= 15 is 0 Å². The van der Waals surface area contributed by atoms with Gasteiger partial charge in [-0.25, -0.2) is 0 Å². The van der Waals surface area contributed by atoms with Crippen LogP contribution in [0.5, 0.6) is 0 Å². The van der Waals surface area contributed by atoms with Crippen LogP contribution in [0.15, 0.2) is 12.2 Å². The number of hydrogen-bond acceptors (Lipinski definition) is 9. The molecule has 1 saturated heterocycles. The molecule has 0 aromatic heterocycles. The van der Waals surface area contributed by atoms with Crippen LogP contribution in [0.2, 0.25) is 0 Å². The van der Waals surface area contributed by atoms with E-state index < -0.39 is 30.0 Å². The van der Waals surface area contributed by atoms with Crippen LogP contribution in [0, 0.1) is 0 Å². The predicted octanol–water partition coefficient (Wildman–Crippen LogP) is -3.76. The minimum absolute atomic E-state index is 0. The van der Waals surface area contributed by atoms with Gasteiger partial charge in [0.2, 0.25) is 11.7 Å². The van der Waals surface area contributed by atoms with Crippen LogP contribution in [-0.4, -0.2) is 162 Å². The van der Waals surface area contributed by atoms with Crippen LogP contribution in [0.3, 0.4) is 0 Å². The van der Waals surface area contributed by atoms with Crippen molar-refractivity contribution in [3.05, 3.63) is 12.2 Å². The summed E-state index contributed by atoms with van der Waals surface area (Å²) in [6.07, 6.45) is -0.632. The highest BCUT2D eigenvalue weighted by atomic mass is 35.5. The minimum Gasteiger partial charge on any atom is -1.00 e. The molecule has 0 aromatic carbocycles. The lowest BCUT2D eigenvalue weighted by Gasteiger charge is -2.32. The first-order chi connectivity index (χ1) is 19.1. The van der Waals surface area contributed by atoms with Crippen molar-refractivity contribution >= 4 is 30.0 Å². The largest absolute Gasteiger partial charge is 1.00 e. The Morgan fingerprint density at radius 1 is 0.860 bits per heavy atom. The molecular formula is C28H55Cl2N4O9+. The van der Waals surface area contributed by atoms with Gasteiger partial charge in [0.05, 0.1) is 67.7 Å². The molecule has 0 bridgehead atoms. The van der Waals surface area contributed by atoms with Crippen molar-refractivity contribution < 1.29 is 64.9 Å². The zero-order valence-corrected chi connectivity index (χ0v) is 28.2. The van der Waals surface area contributed by atoms with Gasteiger partial charge >= 0.3 is 0 Å². The van der Waals surface area contributed by atoms with Gasteiger partial charge in [-0.3, -0.25) is 14.4 Å². The number of carbonyl (C=O) groups is 3.